The average Bonchev–Trinajstić information content (AvgIpc) is 2.34. The predicted molar refractivity (Wildman–Crippen MR) is 69.0 cm³/mol. The summed E-state index contributed by atoms with van der Waals surface area (Å²) in [6.45, 7) is 1.32. The van der Waals surface area contributed by atoms with Gasteiger partial charge in [-0.15, -0.1) is 0 Å². The number of hydrogen-bond donors (Lipinski definition) is 2. The second kappa shape index (κ2) is 6.93. The zero-order chi connectivity index (χ0) is 13.5. The van der Waals surface area contributed by atoms with E-state index < -0.39 is 4.92 Å². The van der Waals surface area contributed by atoms with Gasteiger partial charge in [0.25, 0.3) is 11.6 Å². The summed E-state index contributed by atoms with van der Waals surface area (Å²) in [6, 6.07) is 3.78. The van der Waals surface area contributed by atoms with E-state index in [2.05, 4.69) is 10.6 Å². The Morgan fingerprint density at radius 3 is 2.72 bits per heavy atom. The maximum absolute atomic E-state index is 11.7. The lowest BCUT2D eigenvalue weighted by Crippen LogP contribution is -2.26. The summed E-state index contributed by atoms with van der Waals surface area (Å²) in [5.74, 6) is -0.328. The zero-order valence-electron chi connectivity index (χ0n) is 9.90. The second-order valence-corrected chi connectivity index (χ2v) is 4.04. The van der Waals surface area contributed by atoms with Crippen molar-refractivity contribution >= 4 is 23.2 Å². The molecule has 0 aliphatic rings. The first-order valence-electron chi connectivity index (χ1n) is 5.43. The molecule has 2 N–H and O–H groups in total. The van der Waals surface area contributed by atoms with Gasteiger partial charge in [0.2, 0.25) is 0 Å². The molecular weight excluding hydrogens is 258 g/mol. The van der Waals surface area contributed by atoms with Gasteiger partial charge in [-0.1, -0.05) is 11.6 Å². The highest BCUT2D eigenvalue weighted by atomic mass is 35.5. The molecule has 1 aromatic carbocycles. The molecule has 0 bridgehead atoms. The molecule has 0 spiro atoms. The number of nitro groups is 1. The van der Waals surface area contributed by atoms with E-state index in [0.717, 1.165) is 13.0 Å². The van der Waals surface area contributed by atoms with E-state index >= 15 is 0 Å². The highest BCUT2D eigenvalue weighted by Crippen LogP contribution is 2.22. The highest BCUT2D eigenvalue weighted by molar-refractivity contribution is 6.34. The van der Waals surface area contributed by atoms with Crippen LogP contribution in [0.2, 0.25) is 5.02 Å². The maximum atomic E-state index is 11.7. The summed E-state index contributed by atoms with van der Waals surface area (Å²) in [7, 11) is 1.83. The molecule has 6 nitrogen and oxygen atoms in total. The molecule has 0 fully saturated rings. The smallest absolute Gasteiger partial charge is 0.270 e. The van der Waals surface area contributed by atoms with Crippen molar-refractivity contribution in [1.82, 2.24) is 10.6 Å². The molecule has 0 atom stereocenters. The number of non-ortho nitro benzene ring substituents is 1. The van der Waals surface area contributed by atoms with Crippen molar-refractivity contribution < 1.29 is 9.72 Å². The van der Waals surface area contributed by atoms with Crippen LogP contribution < -0.4 is 10.6 Å². The molecule has 1 rings (SSSR count). The van der Waals surface area contributed by atoms with Crippen LogP contribution in [-0.2, 0) is 0 Å². The summed E-state index contributed by atoms with van der Waals surface area (Å²) in [5, 5.41) is 16.2. The van der Waals surface area contributed by atoms with Crippen molar-refractivity contribution in [3.63, 3.8) is 0 Å². The molecule has 0 aromatic heterocycles. The van der Waals surface area contributed by atoms with Gasteiger partial charge in [-0.05, 0) is 26.1 Å². The number of carbonyl (C=O) groups is 1. The third kappa shape index (κ3) is 3.97. The van der Waals surface area contributed by atoms with Gasteiger partial charge in [-0.3, -0.25) is 14.9 Å². The number of benzene rings is 1. The third-order valence-electron chi connectivity index (χ3n) is 2.30. The van der Waals surface area contributed by atoms with Crippen LogP contribution in [-0.4, -0.2) is 31.0 Å². The normalized spacial score (nSPS) is 10.1. The van der Waals surface area contributed by atoms with Gasteiger partial charge in [0.05, 0.1) is 15.5 Å². The Hall–Kier alpha value is -1.66. The van der Waals surface area contributed by atoms with Gasteiger partial charge in [0.15, 0.2) is 0 Å². The Bertz CT molecular complexity index is 451. The van der Waals surface area contributed by atoms with Crippen molar-refractivity contribution in [3.05, 3.63) is 38.9 Å². The molecule has 98 valence electrons. The van der Waals surface area contributed by atoms with Crippen molar-refractivity contribution in [3.8, 4) is 0 Å². The van der Waals surface area contributed by atoms with Crippen LogP contribution >= 0.6 is 11.6 Å². The first-order chi connectivity index (χ1) is 8.56. The first-order valence-corrected chi connectivity index (χ1v) is 5.80. The van der Waals surface area contributed by atoms with Crippen molar-refractivity contribution in [2.45, 2.75) is 6.42 Å². The Balaban J connectivity index is 2.66. The Morgan fingerprint density at radius 1 is 1.44 bits per heavy atom. The fraction of sp³-hybridized carbons (Fsp3) is 0.364. The Labute approximate surface area is 109 Å². The number of carbonyl (C=O) groups excluding carboxylic acids is 1. The minimum Gasteiger partial charge on any atom is -0.352 e. The van der Waals surface area contributed by atoms with E-state index in [0.29, 0.717) is 6.54 Å². The monoisotopic (exact) mass is 271 g/mol. The molecule has 0 unspecified atom stereocenters. The van der Waals surface area contributed by atoms with Crippen molar-refractivity contribution in [2.24, 2.45) is 0 Å². The topological polar surface area (TPSA) is 84.3 Å². The van der Waals surface area contributed by atoms with Crippen LogP contribution in [0.3, 0.4) is 0 Å². The zero-order valence-corrected chi connectivity index (χ0v) is 10.7. The minimum atomic E-state index is -0.555. The van der Waals surface area contributed by atoms with E-state index in [1.807, 2.05) is 7.05 Å². The molecule has 0 aliphatic heterocycles. The van der Waals surface area contributed by atoms with Crippen LogP contribution in [0.1, 0.15) is 16.8 Å². The number of nitrogens with one attached hydrogen (secondary N) is 2. The first kappa shape index (κ1) is 14.4. The highest BCUT2D eigenvalue weighted by Gasteiger charge is 2.14. The Morgan fingerprint density at radius 2 is 2.17 bits per heavy atom. The molecule has 1 aromatic rings. The van der Waals surface area contributed by atoms with Gasteiger partial charge in [-0.2, -0.15) is 0 Å². The standard InChI is InChI=1S/C11H14ClN3O3/c1-13-5-2-6-14-11(16)9-4-3-8(15(17)18)7-10(9)12/h3-4,7,13H,2,5-6H2,1H3,(H,14,16). The quantitative estimate of drug-likeness (QED) is 0.467. The summed E-state index contributed by atoms with van der Waals surface area (Å²) >= 11 is 5.83. The third-order valence-corrected chi connectivity index (χ3v) is 2.61. The van der Waals surface area contributed by atoms with Crippen molar-refractivity contribution in [2.75, 3.05) is 20.1 Å². The minimum absolute atomic E-state index is 0.0790. The molecule has 7 heteroatoms. The van der Waals surface area contributed by atoms with Crippen LogP contribution in [0.25, 0.3) is 0 Å². The largest absolute Gasteiger partial charge is 0.352 e. The van der Waals surface area contributed by atoms with Gasteiger partial charge in [-0.25, -0.2) is 0 Å². The van der Waals surface area contributed by atoms with E-state index in [4.69, 9.17) is 11.6 Å². The number of amides is 1. The number of halogens is 1. The van der Waals surface area contributed by atoms with Crippen LogP contribution in [0.5, 0.6) is 0 Å². The number of hydrogen-bond acceptors (Lipinski definition) is 4. The van der Waals surface area contributed by atoms with E-state index in [1.54, 1.807) is 0 Å². The molecule has 0 radical (unpaired) electrons. The van der Waals surface area contributed by atoms with Crippen molar-refractivity contribution in [1.29, 1.82) is 0 Å². The fourth-order valence-electron chi connectivity index (χ4n) is 1.36. The summed E-state index contributed by atoms with van der Waals surface area (Å²) < 4.78 is 0. The number of nitro benzene ring substituents is 1. The molecule has 0 saturated heterocycles. The van der Waals surface area contributed by atoms with E-state index in [9.17, 15) is 14.9 Å². The number of nitrogens with zero attached hydrogens (tertiary/aromatic N) is 1. The van der Waals surface area contributed by atoms with Gasteiger partial charge in [0.1, 0.15) is 0 Å². The molecular formula is C11H14ClN3O3. The summed E-state index contributed by atoms with van der Waals surface area (Å²) in [5.41, 5.74) is 0.110. The second-order valence-electron chi connectivity index (χ2n) is 3.63. The van der Waals surface area contributed by atoms with Crippen LogP contribution in [0.4, 0.5) is 5.69 Å². The molecule has 0 heterocycles. The molecule has 1 amide bonds. The molecule has 0 saturated carbocycles. The molecule has 18 heavy (non-hydrogen) atoms. The van der Waals surface area contributed by atoms with Gasteiger partial charge < -0.3 is 10.6 Å². The van der Waals surface area contributed by atoms with E-state index in [-0.39, 0.29) is 22.2 Å². The molecule has 0 aliphatic carbocycles. The van der Waals surface area contributed by atoms with Gasteiger partial charge in [0, 0.05) is 18.7 Å². The van der Waals surface area contributed by atoms with Crippen LogP contribution in [0.15, 0.2) is 18.2 Å². The lowest BCUT2D eigenvalue weighted by molar-refractivity contribution is -0.384. The predicted octanol–water partition coefficient (Wildman–Crippen LogP) is 1.59. The fourth-order valence-corrected chi connectivity index (χ4v) is 1.62. The lowest BCUT2D eigenvalue weighted by Gasteiger charge is -2.06. The van der Waals surface area contributed by atoms with E-state index in [1.165, 1.54) is 18.2 Å². The maximum Gasteiger partial charge on any atom is 0.270 e. The summed E-state index contributed by atoms with van der Waals surface area (Å²) in [4.78, 5) is 21.7. The van der Waals surface area contributed by atoms with Gasteiger partial charge >= 0.3 is 0 Å². The Kier molecular flexibility index (Phi) is 5.54. The van der Waals surface area contributed by atoms with Crippen LogP contribution in [0, 0.1) is 10.1 Å². The average molecular weight is 272 g/mol. The number of rotatable bonds is 6. The lowest BCUT2D eigenvalue weighted by atomic mass is 10.2. The summed E-state index contributed by atoms with van der Waals surface area (Å²) in [6.07, 6.45) is 0.798. The SMILES string of the molecule is CNCCCNC(=O)c1ccc([N+](=O)[O-])cc1Cl.